The van der Waals surface area contributed by atoms with Gasteiger partial charge in [-0.2, -0.15) is 0 Å². The van der Waals surface area contributed by atoms with Gasteiger partial charge >= 0.3 is 0 Å². The van der Waals surface area contributed by atoms with E-state index in [4.69, 9.17) is 4.74 Å². The lowest BCUT2D eigenvalue weighted by Gasteiger charge is -2.28. The number of hydrogen-bond acceptors (Lipinski definition) is 2. The van der Waals surface area contributed by atoms with Crippen molar-refractivity contribution in [1.29, 1.82) is 0 Å². The van der Waals surface area contributed by atoms with E-state index in [1.807, 2.05) is 7.05 Å². The van der Waals surface area contributed by atoms with Gasteiger partial charge in [-0.05, 0) is 32.7 Å². The first kappa shape index (κ1) is 11.2. The van der Waals surface area contributed by atoms with Crippen LogP contribution < -0.4 is 5.32 Å². The summed E-state index contributed by atoms with van der Waals surface area (Å²) in [6, 6.07) is 0.701. The molecule has 3 heteroatoms. The molecule has 0 aromatic rings. The molecule has 0 aromatic heterocycles. The van der Waals surface area contributed by atoms with Gasteiger partial charge in [-0.25, -0.2) is 0 Å². The quantitative estimate of drug-likeness (QED) is 0.825. The number of rotatable bonds is 4. The monoisotopic (exact) mass is 247 g/mol. The molecule has 1 rings (SSSR count). The van der Waals surface area contributed by atoms with Gasteiger partial charge in [0.1, 0.15) is 0 Å². The molecule has 0 aromatic carbocycles. The van der Waals surface area contributed by atoms with Crippen LogP contribution in [-0.4, -0.2) is 25.8 Å². The molecule has 1 aliphatic carbocycles. The Morgan fingerprint density at radius 2 is 2.08 bits per heavy atom. The third-order valence-electron chi connectivity index (χ3n) is 2.56. The first-order valence-electron chi connectivity index (χ1n) is 4.84. The lowest BCUT2D eigenvalue weighted by Crippen LogP contribution is -2.33. The Labute approximate surface area is 88.9 Å². The Morgan fingerprint density at radius 3 is 2.54 bits per heavy atom. The van der Waals surface area contributed by atoms with Gasteiger partial charge in [0, 0.05) is 10.5 Å². The van der Waals surface area contributed by atoms with Crippen LogP contribution in [0.2, 0.25) is 0 Å². The highest BCUT2D eigenvalue weighted by Crippen LogP contribution is 2.21. The van der Waals surface area contributed by atoms with E-state index >= 15 is 0 Å². The molecule has 0 atom stereocenters. The maximum Gasteiger partial charge on any atom is 0.0779 e. The largest absolute Gasteiger partial charge is 0.373 e. The highest BCUT2D eigenvalue weighted by atomic mass is 79.9. The lowest BCUT2D eigenvalue weighted by atomic mass is 9.93. The first-order valence-corrected chi connectivity index (χ1v) is 5.64. The molecular weight excluding hydrogens is 230 g/mol. The van der Waals surface area contributed by atoms with Crippen molar-refractivity contribution in [1.82, 2.24) is 5.32 Å². The molecule has 0 amide bonds. The topological polar surface area (TPSA) is 21.3 Å². The molecule has 2 nitrogen and oxygen atoms in total. The summed E-state index contributed by atoms with van der Waals surface area (Å²) in [5, 5.41) is 3.31. The lowest BCUT2D eigenvalue weighted by molar-refractivity contribution is 0.0395. The fourth-order valence-corrected chi connectivity index (χ4v) is 1.86. The Morgan fingerprint density at radius 1 is 1.46 bits per heavy atom. The van der Waals surface area contributed by atoms with Crippen molar-refractivity contribution < 1.29 is 4.74 Å². The molecular formula is C10H18BrNO. The molecule has 0 bridgehead atoms. The summed E-state index contributed by atoms with van der Waals surface area (Å²) in [6.45, 7) is 4.40. The minimum Gasteiger partial charge on any atom is -0.373 e. The minimum atomic E-state index is 0.443. The van der Waals surface area contributed by atoms with Gasteiger partial charge in [-0.3, -0.25) is 0 Å². The average molecular weight is 248 g/mol. The third kappa shape index (κ3) is 4.25. The van der Waals surface area contributed by atoms with Crippen molar-refractivity contribution in [2.45, 2.75) is 37.8 Å². The van der Waals surface area contributed by atoms with Crippen LogP contribution in [0.4, 0.5) is 0 Å². The molecule has 0 unspecified atom stereocenters. The smallest absolute Gasteiger partial charge is 0.0779 e. The van der Waals surface area contributed by atoms with Crippen molar-refractivity contribution in [2.24, 2.45) is 0 Å². The van der Waals surface area contributed by atoms with Crippen LogP contribution in [0, 0.1) is 0 Å². The van der Waals surface area contributed by atoms with Gasteiger partial charge < -0.3 is 10.1 Å². The number of hydrogen-bond donors (Lipinski definition) is 1. The second-order valence-electron chi connectivity index (χ2n) is 3.59. The fourth-order valence-electron chi connectivity index (χ4n) is 1.73. The van der Waals surface area contributed by atoms with Crippen LogP contribution in [0.25, 0.3) is 0 Å². The zero-order valence-corrected chi connectivity index (χ0v) is 9.77. The molecule has 76 valence electrons. The third-order valence-corrected chi connectivity index (χ3v) is 2.79. The molecule has 0 radical (unpaired) electrons. The molecule has 0 saturated heterocycles. The van der Waals surface area contributed by atoms with Crippen LogP contribution in [0.3, 0.4) is 0 Å². The van der Waals surface area contributed by atoms with Crippen molar-refractivity contribution in [2.75, 3.05) is 13.7 Å². The molecule has 1 aliphatic rings. The van der Waals surface area contributed by atoms with Crippen LogP contribution >= 0.6 is 15.9 Å². The van der Waals surface area contributed by atoms with Crippen molar-refractivity contribution in [3.8, 4) is 0 Å². The van der Waals surface area contributed by atoms with E-state index in [0.717, 1.165) is 4.48 Å². The SMILES string of the molecule is C=C(Br)COC1CCC(NC)CC1. The maximum absolute atomic E-state index is 5.66. The second-order valence-corrected chi connectivity index (χ2v) is 4.71. The second kappa shape index (κ2) is 5.78. The summed E-state index contributed by atoms with van der Waals surface area (Å²) in [4.78, 5) is 0. The van der Waals surface area contributed by atoms with E-state index in [2.05, 4.69) is 27.8 Å². The first-order chi connectivity index (χ1) is 6.22. The van der Waals surface area contributed by atoms with Crippen LogP contribution in [0.5, 0.6) is 0 Å². The summed E-state index contributed by atoms with van der Waals surface area (Å²) < 4.78 is 6.60. The van der Waals surface area contributed by atoms with Crippen molar-refractivity contribution in [3.63, 3.8) is 0 Å². The maximum atomic E-state index is 5.66. The highest BCUT2D eigenvalue weighted by Gasteiger charge is 2.19. The normalized spacial score (nSPS) is 28.8. The Kier molecular flexibility index (Phi) is 4.99. The number of ether oxygens (including phenoxy) is 1. The molecule has 1 saturated carbocycles. The molecule has 1 N–H and O–H groups in total. The van der Waals surface area contributed by atoms with Crippen molar-refractivity contribution >= 4 is 15.9 Å². The predicted molar refractivity (Wildman–Crippen MR) is 59.1 cm³/mol. The fraction of sp³-hybridized carbons (Fsp3) is 0.800. The van der Waals surface area contributed by atoms with E-state index in [-0.39, 0.29) is 0 Å². The minimum absolute atomic E-state index is 0.443. The van der Waals surface area contributed by atoms with E-state index < -0.39 is 0 Å². The summed E-state index contributed by atoms with van der Waals surface area (Å²) in [5.41, 5.74) is 0. The summed E-state index contributed by atoms with van der Waals surface area (Å²) in [6.07, 6.45) is 5.25. The molecule has 13 heavy (non-hydrogen) atoms. The number of halogens is 1. The Hall–Kier alpha value is 0.140. The molecule has 0 aliphatic heterocycles. The van der Waals surface area contributed by atoms with Crippen molar-refractivity contribution in [3.05, 3.63) is 11.1 Å². The van der Waals surface area contributed by atoms with Crippen LogP contribution in [-0.2, 0) is 4.74 Å². The van der Waals surface area contributed by atoms with E-state index in [0.29, 0.717) is 18.8 Å². The molecule has 1 fully saturated rings. The average Bonchev–Trinajstić information content (AvgIpc) is 2.15. The summed E-state index contributed by atoms with van der Waals surface area (Å²) in [5.74, 6) is 0. The highest BCUT2D eigenvalue weighted by molar-refractivity contribution is 9.11. The van der Waals surface area contributed by atoms with Crippen LogP contribution in [0.1, 0.15) is 25.7 Å². The van der Waals surface area contributed by atoms with Gasteiger partial charge in [0.25, 0.3) is 0 Å². The van der Waals surface area contributed by atoms with Gasteiger partial charge in [-0.15, -0.1) is 0 Å². The van der Waals surface area contributed by atoms with Gasteiger partial charge in [0.05, 0.1) is 12.7 Å². The van der Waals surface area contributed by atoms with Gasteiger partial charge in [0.2, 0.25) is 0 Å². The van der Waals surface area contributed by atoms with Gasteiger partial charge in [-0.1, -0.05) is 22.5 Å². The van der Waals surface area contributed by atoms with E-state index in [9.17, 15) is 0 Å². The zero-order valence-electron chi connectivity index (χ0n) is 8.18. The predicted octanol–water partition coefficient (Wildman–Crippen LogP) is 2.44. The van der Waals surface area contributed by atoms with E-state index in [1.165, 1.54) is 25.7 Å². The zero-order chi connectivity index (χ0) is 9.68. The Balaban J connectivity index is 2.14. The summed E-state index contributed by atoms with van der Waals surface area (Å²) in [7, 11) is 2.03. The van der Waals surface area contributed by atoms with Crippen LogP contribution in [0.15, 0.2) is 11.1 Å². The Bertz CT molecular complexity index is 164. The van der Waals surface area contributed by atoms with E-state index in [1.54, 1.807) is 0 Å². The standard InChI is InChI=1S/C10H18BrNO/c1-8(11)7-13-10-5-3-9(12-2)4-6-10/h9-10,12H,1,3-7H2,2H3. The summed E-state index contributed by atoms with van der Waals surface area (Å²) >= 11 is 3.29. The van der Waals surface area contributed by atoms with Gasteiger partial charge in [0.15, 0.2) is 0 Å². The molecule has 0 spiro atoms. The number of nitrogens with one attached hydrogen (secondary N) is 1. The molecule has 0 heterocycles.